The minimum absolute atomic E-state index is 0.115. The number of hydrogen-bond acceptors (Lipinski definition) is 4. The zero-order chi connectivity index (χ0) is 19.5. The van der Waals surface area contributed by atoms with Crippen molar-refractivity contribution in [3.05, 3.63) is 76.8 Å². The molecule has 0 atom stereocenters. The van der Waals surface area contributed by atoms with Gasteiger partial charge in [-0.1, -0.05) is 30.3 Å². The molecule has 0 spiro atoms. The Balaban J connectivity index is 1.55. The molecule has 1 amide bonds. The summed E-state index contributed by atoms with van der Waals surface area (Å²) in [4.78, 5) is 14.4. The van der Waals surface area contributed by atoms with Crippen molar-refractivity contribution in [3.63, 3.8) is 0 Å². The Hall–Kier alpha value is -3.12. The summed E-state index contributed by atoms with van der Waals surface area (Å²) in [6.45, 7) is 5.22. The molecule has 0 unspecified atom stereocenters. The van der Waals surface area contributed by atoms with E-state index in [1.165, 1.54) is 16.9 Å². The van der Waals surface area contributed by atoms with Crippen LogP contribution < -0.4 is 10.1 Å². The van der Waals surface area contributed by atoms with Crippen LogP contribution in [0.15, 0.2) is 60.7 Å². The number of aromatic nitrogens is 2. The van der Waals surface area contributed by atoms with Crippen molar-refractivity contribution in [3.8, 4) is 5.75 Å². The zero-order valence-electron chi connectivity index (χ0n) is 15.8. The summed E-state index contributed by atoms with van der Waals surface area (Å²) in [6, 6.07) is 19.5. The molecule has 28 heavy (non-hydrogen) atoms. The van der Waals surface area contributed by atoms with E-state index in [-0.39, 0.29) is 5.91 Å². The maximum absolute atomic E-state index is 12.7. The second kappa shape index (κ2) is 7.86. The van der Waals surface area contributed by atoms with E-state index in [4.69, 9.17) is 4.74 Å². The van der Waals surface area contributed by atoms with Gasteiger partial charge in [-0.25, -0.2) is 0 Å². The largest absolute Gasteiger partial charge is 0.494 e. The highest BCUT2D eigenvalue weighted by Gasteiger charge is 2.16. The third kappa shape index (κ3) is 3.77. The van der Waals surface area contributed by atoms with Gasteiger partial charge in [0.2, 0.25) is 0 Å². The van der Waals surface area contributed by atoms with E-state index < -0.39 is 0 Å². The second-order valence-corrected chi connectivity index (χ2v) is 7.50. The number of aryl methyl sites for hydroxylation is 1. The van der Waals surface area contributed by atoms with Crippen LogP contribution in [0.2, 0.25) is 0 Å². The molecule has 5 nitrogen and oxygen atoms in total. The number of amides is 1. The van der Waals surface area contributed by atoms with Crippen LogP contribution in [0, 0.1) is 6.92 Å². The van der Waals surface area contributed by atoms with Gasteiger partial charge in [0.05, 0.1) is 23.7 Å². The number of fused-ring (bicyclic) bond motifs is 1. The summed E-state index contributed by atoms with van der Waals surface area (Å²) in [5, 5.41) is 8.62. The van der Waals surface area contributed by atoms with Crippen LogP contribution >= 0.6 is 11.3 Å². The van der Waals surface area contributed by atoms with Gasteiger partial charge in [0.25, 0.3) is 5.91 Å². The molecule has 142 valence electrons. The van der Waals surface area contributed by atoms with Crippen molar-refractivity contribution in [2.45, 2.75) is 20.4 Å². The Bertz CT molecular complexity index is 1100. The van der Waals surface area contributed by atoms with Crippen LogP contribution in [0.5, 0.6) is 5.75 Å². The van der Waals surface area contributed by atoms with Crippen molar-refractivity contribution >= 4 is 33.1 Å². The van der Waals surface area contributed by atoms with E-state index in [0.29, 0.717) is 18.0 Å². The minimum Gasteiger partial charge on any atom is -0.494 e. The third-order valence-electron chi connectivity index (χ3n) is 4.43. The van der Waals surface area contributed by atoms with Gasteiger partial charge in [-0.05, 0) is 49.7 Å². The average molecular weight is 391 g/mol. The lowest BCUT2D eigenvalue weighted by Crippen LogP contribution is -2.10. The molecule has 2 aromatic carbocycles. The van der Waals surface area contributed by atoms with E-state index in [9.17, 15) is 4.79 Å². The Morgan fingerprint density at radius 3 is 2.61 bits per heavy atom. The molecule has 4 rings (SSSR count). The number of ether oxygens (including phenoxy) is 1. The Labute approximate surface area is 167 Å². The second-order valence-electron chi connectivity index (χ2n) is 6.47. The van der Waals surface area contributed by atoms with Gasteiger partial charge in [0.15, 0.2) is 0 Å². The number of thiophene rings is 1. The number of nitrogens with one attached hydrogen (secondary N) is 1. The van der Waals surface area contributed by atoms with Crippen molar-refractivity contribution in [2.24, 2.45) is 0 Å². The van der Waals surface area contributed by atoms with Gasteiger partial charge in [0.1, 0.15) is 10.6 Å². The van der Waals surface area contributed by atoms with Crippen molar-refractivity contribution in [1.82, 2.24) is 9.78 Å². The van der Waals surface area contributed by atoms with Gasteiger partial charge in [-0.15, -0.1) is 11.3 Å². The highest BCUT2D eigenvalue weighted by molar-refractivity contribution is 7.20. The molecular formula is C22H21N3O2S. The van der Waals surface area contributed by atoms with Crippen LogP contribution in [0.25, 0.3) is 10.2 Å². The molecule has 6 heteroatoms. The normalized spacial score (nSPS) is 10.9. The zero-order valence-corrected chi connectivity index (χ0v) is 16.6. The standard InChI is InChI=1S/C22H21N3O2S/c1-3-27-18-11-9-17(10-12-18)23-21(26)20-13-19-15(2)24-25(22(19)28-20)14-16-7-5-4-6-8-16/h4-13H,3,14H2,1-2H3,(H,23,26). The fourth-order valence-corrected chi connectivity index (χ4v) is 4.14. The lowest BCUT2D eigenvalue weighted by Gasteiger charge is -2.06. The van der Waals surface area contributed by atoms with Crippen LogP contribution in [0.1, 0.15) is 27.9 Å². The highest BCUT2D eigenvalue weighted by Crippen LogP contribution is 2.29. The summed E-state index contributed by atoms with van der Waals surface area (Å²) in [7, 11) is 0. The Kier molecular flexibility index (Phi) is 5.12. The molecule has 0 aliphatic rings. The molecule has 0 bridgehead atoms. The summed E-state index contributed by atoms with van der Waals surface area (Å²) in [6.07, 6.45) is 0. The minimum atomic E-state index is -0.115. The van der Waals surface area contributed by atoms with E-state index >= 15 is 0 Å². The smallest absolute Gasteiger partial charge is 0.265 e. The molecule has 0 radical (unpaired) electrons. The predicted molar refractivity (Wildman–Crippen MR) is 113 cm³/mol. The number of hydrogen-bond donors (Lipinski definition) is 1. The molecule has 1 N–H and O–H groups in total. The lowest BCUT2D eigenvalue weighted by atomic mass is 10.2. The van der Waals surface area contributed by atoms with E-state index in [1.807, 2.05) is 67.1 Å². The molecule has 4 aromatic rings. The first-order chi connectivity index (χ1) is 13.6. The van der Waals surface area contributed by atoms with Crippen LogP contribution in [-0.4, -0.2) is 22.3 Å². The average Bonchev–Trinajstić information content (AvgIpc) is 3.26. The molecule has 0 aliphatic carbocycles. The van der Waals surface area contributed by atoms with Gasteiger partial charge in [0, 0.05) is 11.1 Å². The molecule has 0 saturated carbocycles. The Morgan fingerprint density at radius 2 is 1.89 bits per heavy atom. The van der Waals surface area contributed by atoms with E-state index in [0.717, 1.165) is 27.3 Å². The van der Waals surface area contributed by atoms with Gasteiger partial charge in [-0.3, -0.25) is 9.48 Å². The quantitative estimate of drug-likeness (QED) is 0.497. The molecule has 0 saturated heterocycles. The van der Waals surface area contributed by atoms with Crippen molar-refractivity contribution in [1.29, 1.82) is 0 Å². The first-order valence-electron chi connectivity index (χ1n) is 9.19. The number of benzene rings is 2. The van der Waals surface area contributed by atoms with Crippen molar-refractivity contribution < 1.29 is 9.53 Å². The Morgan fingerprint density at radius 1 is 1.14 bits per heavy atom. The maximum atomic E-state index is 12.7. The highest BCUT2D eigenvalue weighted by atomic mass is 32.1. The first-order valence-corrected chi connectivity index (χ1v) is 10.0. The van der Waals surface area contributed by atoms with Crippen molar-refractivity contribution in [2.75, 3.05) is 11.9 Å². The molecule has 0 fully saturated rings. The molecule has 2 aromatic heterocycles. The van der Waals surface area contributed by atoms with Gasteiger partial charge in [-0.2, -0.15) is 5.10 Å². The summed E-state index contributed by atoms with van der Waals surface area (Å²) in [5.41, 5.74) is 2.86. The summed E-state index contributed by atoms with van der Waals surface area (Å²) < 4.78 is 7.41. The van der Waals surface area contributed by atoms with Gasteiger partial charge < -0.3 is 10.1 Å². The fourth-order valence-electron chi connectivity index (χ4n) is 3.08. The number of carbonyl (C=O) groups is 1. The SMILES string of the molecule is CCOc1ccc(NC(=O)c2cc3c(C)nn(Cc4ccccc4)c3s2)cc1. The molecular weight excluding hydrogens is 370 g/mol. The van der Waals surface area contributed by atoms with Crippen LogP contribution in [0.3, 0.4) is 0 Å². The predicted octanol–water partition coefficient (Wildman–Crippen LogP) is 5.11. The number of nitrogens with zero attached hydrogens (tertiary/aromatic N) is 2. The monoisotopic (exact) mass is 391 g/mol. The van der Waals surface area contributed by atoms with Crippen LogP contribution in [0.4, 0.5) is 5.69 Å². The van der Waals surface area contributed by atoms with E-state index in [1.54, 1.807) is 0 Å². The summed E-state index contributed by atoms with van der Waals surface area (Å²) >= 11 is 1.47. The first kappa shape index (κ1) is 18.3. The lowest BCUT2D eigenvalue weighted by molar-refractivity contribution is 0.103. The fraction of sp³-hybridized carbons (Fsp3) is 0.182. The third-order valence-corrected chi connectivity index (χ3v) is 5.58. The molecule has 2 heterocycles. The maximum Gasteiger partial charge on any atom is 0.265 e. The van der Waals surface area contributed by atoms with Crippen LogP contribution in [-0.2, 0) is 6.54 Å². The summed E-state index contributed by atoms with van der Waals surface area (Å²) in [5.74, 6) is 0.676. The number of carbonyl (C=O) groups excluding carboxylic acids is 1. The molecule has 0 aliphatic heterocycles. The topological polar surface area (TPSA) is 56.1 Å². The number of rotatable bonds is 6. The van der Waals surface area contributed by atoms with Gasteiger partial charge >= 0.3 is 0 Å². The number of anilines is 1. The van der Waals surface area contributed by atoms with E-state index in [2.05, 4.69) is 22.5 Å².